The Morgan fingerprint density at radius 2 is 2.25 bits per heavy atom. The second-order valence-corrected chi connectivity index (χ2v) is 2.87. The Labute approximate surface area is 70.3 Å². The summed E-state index contributed by atoms with van der Waals surface area (Å²) in [6.07, 6.45) is 1.73. The van der Waals surface area contributed by atoms with Crippen LogP contribution in [0.5, 0.6) is 5.88 Å². The van der Waals surface area contributed by atoms with Crippen LogP contribution in [-0.2, 0) is 7.05 Å². The average molecular weight is 162 g/mol. The van der Waals surface area contributed by atoms with E-state index in [0.717, 1.165) is 16.6 Å². The third kappa shape index (κ3) is 0.733. The van der Waals surface area contributed by atoms with Crippen molar-refractivity contribution >= 4 is 10.9 Å². The molecular weight excluding hydrogens is 152 g/mol. The van der Waals surface area contributed by atoms with E-state index in [4.69, 9.17) is 0 Å². The van der Waals surface area contributed by atoms with Crippen molar-refractivity contribution in [1.29, 1.82) is 0 Å². The largest absolute Gasteiger partial charge is 0.494 e. The third-order valence-electron chi connectivity index (χ3n) is 2.21. The Kier molecular flexibility index (Phi) is 1.33. The lowest BCUT2D eigenvalue weighted by Gasteiger charge is -1.95. The van der Waals surface area contributed by atoms with E-state index in [1.807, 2.05) is 26.1 Å². The van der Waals surface area contributed by atoms with Crippen molar-refractivity contribution in [3.63, 3.8) is 0 Å². The zero-order valence-electron chi connectivity index (χ0n) is 7.07. The van der Waals surface area contributed by atoms with Crippen LogP contribution in [0, 0.1) is 6.92 Å². The van der Waals surface area contributed by atoms with Gasteiger partial charge < -0.3 is 9.67 Å². The van der Waals surface area contributed by atoms with Crippen molar-refractivity contribution < 1.29 is 5.11 Å². The molecule has 3 nitrogen and oxygen atoms in total. The highest BCUT2D eigenvalue weighted by Crippen LogP contribution is 2.27. The quantitative estimate of drug-likeness (QED) is 0.638. The molecule has 0 fully saturated rings. The maximum atomic E-state index is 9.60. The first-order chi connectivity index (χ1) is 5.72. The highest BCUT2D eigenvalue weighted by atomic mass is 16.3. The fourth-order valence-electron chi connectivity index (χ4n) is 1.37. The molecule has 62 valence electrons. The predicted molar refractivity (Wildman–Crippen MR) is 47.1 cm³/mol. The van der Waals surface area contributed by atoms with Gasteiger partial charge in [-0.25, -0.2) is 0 Å². The molecule has 0 aliphatic heterocycles. The monoisotopic (exact) mass is 162 g/mol. The van der Waals surface area contributed by atoms with Gasteiger partial charge in [0.25, 0.3) is 0 Å². The number of fused-ring (bicyclic) bond motifs is 1. The van der Waals surface area contributed by atoms with Gasteiger partial charge in [-0.15, -0.1) is 0 Å². The molecule has 0 amide bonds. The van der Waals surface area contributed by atoms with E-state index >= 15 is 0 Å². The van der Waals surface area contributed by atoms with Gasteiger partial charge in [-0.3, -0.25) is 4.98 Å². The SMILES string of the molecule is Cc1c2ncccc2c(O)n1C. The molecule has 3 heteroatoms. The van der Waals surface area contributed by atoms with Crippen LogP contribution in [0.3, 0.4) is 0 Å². The predicted octanol–water partition coefficient (Wildman–Crippen LogP) is 1.59. The van der Waals surface area contributed by atoms with Gasteiger partial charge >= 0.3 is 0 Å². The van der Waals surface area contributed by atoms with Crippen LogP contribution in [0.1, 0.15) is 5.69 Å². The normalized spacial score (nSPS) is 10.8. The van der Waals surface area contributed by atoms with Gasteiger partial charge in [0.2, 0.25) is 5.88 Å². The first kappa shape index (κ1) is 7.16. The Bertz CT molecular complexity index is 392. The summed E-state index contributed by atoms with van der Waals surface area (Å²) in [5.74, 6) is 0.288. The summed E-state index contributed by atoms with van der Waals surface area (Å²) in [5, 5.41) is 10.4. The highest BCUT2D eigenvalue weighted by Gasteiger charge is 2.09. The molecule has 0 aliphatic carbocycles. The van der Waals surface area contributed by atoms with E-state index in [1.165, 1.54) is 0 Å². The van der Waals surface area contributed by atoms with Crippen molar-refractivity contribution in [3.8, 4) is 5.88 Å². The number of hydrogen-bond acceptors (Lipinski definition) is 2. The molecule has 0 aromatic carbocycles. The summed E-state index contributed by atoms with van der Waals surface area (Å²) in [4.78, 5) is 4.18. The average Bonchev–Trinajstić information content (AvgIpc) is 2.33. The molecule has 0 atom stereocenters. The summed E-state index contributed by atoms with van der Waals surface area (Å²) in [6, 6.07) is 3.69. The molecule has 2 heterocycles. The number of rotatable bonds is 0. The van der Waals surface area contributed by atoms with Gasteiger partial charge in [-0.05, 0) is 19.1 Å². The van der Waals surface area contributed by atoms with E-state index in [0.29, 0.717) is 0 Å². The van der Waals surface area contributed by atoms with Crippen LogP contribution in [0.2, 0.25) is 0 Å². The zero-order chi connectivity index (χ0) is 8.72. The lowest BCUT2D eigenvalue weighted by molar-refractivity contribution is 0.435. The van der Waals surface area contributed by atoms with Gasteiger partial charge in [0, 0.05) is 18.9 Å². The van der Waals surface area contributed by atoms with Crippen LogP contribution in [0.4, 0.5) is 0 Å². The molecule has 2 rings (SSSR count). The van der Waals surface area contributed by atoms with Gasteiger partial charge in [0.15, 0.2) is 0 Å². The second-order valence-electron chi connectivity index (χ2n) is 2.87. The molecule has 0 radical (unpaired) electrons. The van der Waals surface area contributed by atoms with Crippen LogP contribution < -0.4 is 0 Å². The zero-order valence-corrected chi connectivity index (χ0v) is 7.07. The molecule has 0 bridgehead atoms. The summed E-state index contributed by atoms with van der Waals surface area (Å²) < 4.78 is 1.73. The van der Waals surface area contributed by atoms with E-state index in [2.05, 4.69) is 4.98 Å². The maximum absolute atomic E-state index is 9.60. The molecule has 0 spiro atoms. The van der Waals surface area contributed by atoms with Crippen molar-refractivity contribution in [2.24, 2.45) is 7.05 Å². The third-order valence-corrected chi connectivity index (χ3v) is 2.21. The Morgan fingerprint density at radius 1 is 1.50 bits per heavy atom. The van der Waals surface area contributed by atoms with Crippen LogP contribution in [0.25, 0.3) is 10.9 Å². The summed E-state index contributed by atoms with van der Waals surface area (Å²) >= 11 is 0. The van der Waals surface area contributed by atoms with E-state index in [9.17, 15) is 5.11 Å². The fraction of sp³-hybridized carbons (Fsp3) is 0.222. The van der Waals surface area contributed by atoms with Crippen molar-refractivity contribution in [1.82, 2.24) is 9.55 Å². The molecular formula is C9H10N2O. The Morgan fingerprint density at radius 3 is 2.92 bits per heavy atom. The van der Waals surface area contributed by atoms with Crippen LogP contribution in [0.15, 0.2) is 18.3 Å². The molecule has 2 aromatic rings. The molecule has 0 unspecified atom stereocenters. The minimum absolute atomic E-state index is 0.288. The number of pyridine rings is 1. The molecule has 0 saturated heterocycles. The number of nitrogens with zero attached hydrogens (tertiary/aromatic N) is 2. The minimum Gasteiger partial charge on any atom is -0.494 e. The van der Waals surface area contributed by atoms with E-state index in [-0.39, 0.29) is 5.88 Å². The second kappa shape index (κ2) is 2.24. The van der Waals surface area contributed by atoms with Gasteiger partial charge in [-0.1, -0.05) is 0 Å². The minimum atomic E-state index is 0.288. The highest BCUT2D eigenvalue weighted by molar-refractivity contribution is 5.86. The van der Waals surface area contributed by atoms with Crippen molar-refractivity contribution in [3.05, 3.63) is 24.0 Å². The van der Waals surface area contributed by atoms with Gasteiger partial charge in [0.1, 0.15) is 0 Å². The number of aromatic hydroxyl groups is 1. The van der Waals surface area contributed by atoms with Gasteiger partial charge in [-0.2, -0.15) is 0 Å². The van der Waals surface area contributed by atoms with Gasteiger partial charge in [0.05, 0.1) is 10.9 Å². The maximum Gasteiger partial charge on any atom is 0.200 e. The van der Waals surface area contributed by atoms with Crippen LogP contribution >= 0.6 is 0 Å². The fourth-order valence-corrected chi connectivity index (χ4v) is 1.37. The summed E-state index contributed by atoms with van der Waals surface area (Å²) in [7, 11) is 1.83. The molecule has 2 aromatic heterocycles. The van der Waals surface area contributed by atoms with E-state index in [1.54, 1.807) is 10.8 Å². The topological polar surface area (TPSA) is 38.1 Å². The molecule has 0 aliphatic rings. The first-order valence-electron chi connectivity index (χ1n) is 3.81. The Hall–Kier alpha value is -1.51. The smallest absolute Gasteiger partial charge is 0.200 e. The van der Waals surface area contributed by atoms with Crippen molar-refractivity contribution in [2.45, 2.75) is 6.92 Å². The van der Waals surface area contributed by atoms with Crippen molar-refractivity contribution in [2.75, 3.05) is 0 Å². The number of aromatic nitrogens is 2. The summed E-state index contributed by atoms with van der Waals surface area (Å²) in [6.45, 7) is 1.94. The Balaban J connectivity index is 2.99. The lowest BCUT2D eigenvalue weighted by atomic mass is 10.3. The van der Waals surface area contributed by atoms with Crippen LogP contribution in [-0.4, -0.2) is 14.7 Å². The molecule has 1 N–H and O–H groups in total. The standard InChI is InChI=1S/C9H10N2O/c1-6-8-7(4-3-5-10-8)9(12)11(6)2/h3-5,12H,1-2H3. The summed E-state index contributed by atoms with van der Waals surface area (Å²) in [5.41, 5.74) is 1.86. The van der Waals surface area contributed by atoms with E-state index < -0.39 is 0 Å². The lowest BCUT2D eigenvalue weighted by Crippen LogP contribution is -1.88. The molecule has 0 saturated carbocycles. The number of aryl methyl sites for hydroxylation is 1. The molecule has 12 heavy (non-hydrogen) atoms. The number of hydrogen-bond donors (Lipinski definition) is 1. The first-order valence-corrected chi connectivity index (χ1v) is 3.81.